The second-order valence-corrected chi connectivity index (χ2v) is 5.12. The van der Waals surface area contributed by atoms with E-state index in [1.54, 1.807) is 6.92 Å². The van der Waals surface area contributed by atoms with E-state index in [9.17, 15) is 5.11 Å². The van der Waals surface area contributed by atoms with E-state index in [0.717, 1.165) is 17.7 Å². The van der Waals surface area contributed by atoms with Gasteiger partial charge in [0.2, 0.25) is 0 Å². The molecule has 0 saturated heterocycles. The first-order valence-corrected chi connectivity index (χ1v) is 6.73. The van der Waals surface area contributed by atoms with Crippen LogP contribution in [0.5, 0.6) is 5.75 Å². The first-order chi connectivity index (χ1) is 9.25. The fourth-order valence-electron chi connectivity index (χ4n) is 2.66. The van der Waals surface area contributed by atoms with Gasteiger partial charge in [-0.2, -0.15) is 0 Å². The zero-order chi connectivity index (χ0) is 13.2. The molecule has 98 valence electrons. The van der Waals surface area contributed by atoms with Gasteiger partial charge in [0.25, 0.3) is 0 Å². The Morgan fingerprint density at radius 1 is 1.16 bits per heavy atom. The highest BCUT2D eigenvalue weighted by molar-refractivity contribution is 5.40. The van der Waals surface area contributed by atoms with E-state index >= 15 is 0 Å². The minimum absolute atomic E-state index is 0.484. The molecule has 0 bridgehead atoms. The highest BCUT2D eigenvalue weighted by atomic mass is 16.5. The van der Waals surface area contributed by atoms with Crippen LogP contribution in [0.15, 0.2) is 48.5 Å². The van der Waals surface area contributed by atoms with Crippen molar-refractivity contribution in [1.29, 1.82) is 0 Å². The molecule has 2 aromatic rings. The number of fused-ring (bicyclic) bond motifs is 1. The quantitative estimate of drug-likeness (QED) is 0.905. The molecular weight excluding hydrogens is 236 g/mol. The van der Waals surface area contributed by atoms with Gasteiger partial charge in [0.05, 0.1) is 12.7 Å². The molecule has 0 spiro atoms. The lowest BCUT2D eigenvalue weighted by molar-refractivity contribution is 0.188. The molecule has 19 heavy (non-hydrogen) atoms. The first-order valence-electron chi connectivity index (χ1n) is 6.73. The number of hydrogen-bond acceptors (Lipinski definition) is 2. The van der Waals surface area contributed by atoms with E-state index in [0.29, 0.717) is 12.5 Å². The third-order valence-corrected chi connectivity index (χ3v) is 3.77. The lowest BCUT2D eigenvalue weighted by Crippen LogP contribution is -2.23. The number of aliphatic hydroxyl groups excluding tert-OH is 1. The van der Waals surface area contributed by atoms with Crippen LogP contribution in [0, 0.1) is 0 Å². The molecule has 2 heteroatoms. The minimum atomic E-state index is -0.495. The van der Waals surface area contributed by atoms with Gasteiger partial charge in [-0.1, -0.05) is 42.5 Å². The van der Waals surface area contributed by atoms with Crippen molar-refractivity contribution < 1.29 is 9.84 Å². The second kappa shape index (κ2) is 5.06. The van der Waals surface area contributed by atoms with E-state index in [2.05, 4.69) is 24.3 Å². The number of hydrogen-bond donors (Lipinski definition) is 1. The maximum Gasteiger partial charge on any atom is 0.125 e. The number of ether oxygens (including phenoxy) is 1. The maximum absolute atomic E-state index is 9.72. The molecule has 2 aromatic carbocycles. The minimum Gasteiger partial charge on any atom is -0.493 e. The molecule has 0 fully saturated rings. The Balaban J connectivity index is 1.69. The van der Waals surface area contributed by atoms with Gasteiger partial charge in [0.15, 0.2) is 0 Å². The van der Waals surface area contributed by atoms with Crippen LogP contribution >= 0.6 is 0 Å². The van der Waals surface area contributed by atoms with Crippen LogP contribution in [-0.4, -0.2) is 11.7 Å². The van der Waals surface area contributed by atoms with Crippen LogP contribution < -0.4 is 4.74 Å². The van der Waals surface area contributed by atoms with Crippen molar-refractivity contribution in [2.24, 2.45) is 0 Å². The molecule has 2 nitrogen and oxygen atoms in total. The van der Waals surface area contributed by atoms with Crippen molar-refractivity contribution in [3.63, 3.8) is 0 Å². The standard InChI is InChI=1S/C17H18O2/c1-12(18)15-7-4-5-9-17(15)19-11-14-10-13-6-2-3-8-16(13)14/h2-9,12,14,18H,10-11H2,1H3/t12-,14?/m1/s1. The third kappa shape index (κ3) is 2.36. The van der Waals surface area contributed by atoms with E-state index < -0.39 is 6.10 Å². The first kappa shape index (κ1) is 12.2. The highest BCUT2D eigenvalue weighted by Gasteiger charge is 2.26. The number of para-hydroxylation sites is 1. The van der Waals surface area contributed by atoms with Crippen LogP contribution in [0.4, 0.5) is 0 Å². The summed E-state index contributed by atoms with van der Waals surface area (Å²) < 4.78 is 5.90. The van der Waals surface area contributed by atoms with Crippen LogP contribution in [0.1, 0.15) is 35.6 Å². The number of benzene rings is 2. The smallest absolute Gasteiger partial charge is 0.125 e. The normalized spacial score (nSPS) is 18.3. The van der Waals surface area contributed by atoms with Gasteiger partial charge in [-0.05, 0) is 30.5 Å². The SMILES string of the molecule is C[C@@H](O)c1ccccc1OCC1Cc2ccccc21. The largest absolute Gasteiger partial charge is 0.493 e. The maximum atomic E-state index is 9.72. The molecule has 0 amide bonds. The molecule has 1 unspecified atom stereocenters. The molecule has 1 N–H and O–H groups in total. The molecular formula is C17H18O2. The molecule has 0 aliphatic heterocycles. The summed E-state index contributed by atoms with van der Waals surface area (Å²) >= 11 is 0. The topological polar surface area (TPSA) is 29.5 Å². The summed E-state index contributed by atoms with van der Waals surface area (Å²) in [6.07, 6.45) is 0.595. The van der Waals surface area contributed by atoms with Crippen molar-refractivity contribution in [2.45, 2.75) is 25.4 Å². The zero-order valence-corrected chi connectivity index (χ0v) is 11.0. The molecule has 0 radical (unpaired) electrons. The highest BCUT2D eigenvalue weighted by Crippen LogP contribution is 2.35. The summed E-state index contributed by atoms with van der Waals surface area (Å²) in [5, 5.41) is 9.72. The van der Waals surface area contributed by atoms with Crippen LogP contribution in [0.2, 0.25) is 0 Å². The van der Waals surface area contributed by atoms with E-state index in [4.69, 9.17) is 4.74 Å². The van der Waals surface area contributed by atoms with E-state index in [-0.39, 0.29) is 0 Å². The van der Waals surface area contributed by atoms with Crippen LogP contribution in [0.25, 0.3) is 0 Å². The number of rotatable bonds is 4. The van der Waals surface area contributed by atoms with Crippen molar-refractivity contribution in [3.8, 4) is 5.75 Å². The van der Waals surface area contributed by atoms with Gasteiger partial charge >= 0.3 is 0 Å². The molecule has 0 heterocycles. The Hall–Kier alpha value is -1.80. The van der Waals surface area contributed by atoms with Gasteiger partial charge in [-0.3, -0.25) is 0 Å². The predicted octanol–water partition coefficient (Wildman–Crippen LogP) is 3.46. The van der Waals surface area contributed by atoms with Gasteiger partial charge in [0, 0.05) is 11.5 Å². The summed E-state index contributed by atoms with van der Waals surface area (Å²) in [5.41, 5.74) is 3.69. The lowest BCUT2D eigenvalue weighted by atomic mass is 9.78. The average molecular weight is 254 g/mol. The predicted molar refractivity (Wildman–Crippen MR) is 75.5 cm³/mol. The van der Waals surface area contributed by atoms with Crippen LogP contribution in [-0.2, 0) is 6.42 Å². The zero-order valence-electron chi connectivity index (χ0n) is 11.0. The molecule has 0 aromatic heterocycles. The number of aliphatic hydroxyl groups is 1. The fourth-order valence-corrected chi connectivity index (χ4v) is 2.66. The van der Waals surface area contributed by atoms with Crippen molar-refractivity contribution in [3.05, 3.63) is 65.2 Å². The molecule has 0 saturated carbocycles. The fraction of sp³-hybridized carbons (Fsp3) is 0.294. The Morgan fingerprint density at radius 3 is 2.68 bits per heavy atom. The van der Waals surface area contributed by atoms with Gasteiger partial charge < -0.3 is 9.84 Å². The van der Waals surface area contributed by atoms with Gasteiger partial charge in [-0.15, -0.1) is 0 Å². The summed E-state index contributed by atoms with van der Waals surface area (Å²) in [7, 11) is 0. The molecule has 1 aliphatic carbocycles. The summed E-state index contributed by atoms with van der Waals surface area (Å²) in [6.45, 7) is 2.45. The molecule has 3 rings (SSSR count). The van der Waals surface area contributed by atoms with Crippen molar-refractivity contribution in [2.75, 3.05) is 6.61 Å². The monoisotopic (exact) mass is 254 g/mol. The Morgan fingerprint density at radius 2 is 1.89 bits per heavy atom. The lowest BCUT2D eigenvalue weighted by Gasteiger charge is -2.30. The van der Waals surface area contributed by atoms with Gasteiger partial charge in [-0.25, -0.2) is 0 Å². The van der Waals surface area contributed by atoms with Crippen molar-refractivity contribution in [1.82, 2.24) is 0 Å². The third-order valence-electron chi connectivity index (χ3n) is 3.77. The van der Waals surface area contributed by atoms with E-state index in [1.807, 2.05) is 24.3 Å². The Labute approximate surface area is 113 Å². The van der Waals surface area contributed by atoms with Crippen molar-refractivity contribution >= 4 is 0 Å². The van der Waals surface area contributed by atoms with Gasteiger partial charge in [0.1, 0.15) is 5.75 Å². The second-order valence-electron chi connectivity index (χ2n) is 5.12. The summed E-state index contributed by atoms with van der Waals surface area (Å²) in [4.78, 5) is 0. The average Bonchev–Trinajstić information content (AvgIpc) is 2.40. The summed E-state index contributed by atoms with van der Waals surface area (Å²) in [6, 6.07) is 16.2. The Kier molecular flexibility index (Phi) is 3.26. The Bertz CT molecular complexity index is 575. The summed E-state index contributed by atoms with van der Waals surface area (Å²) in [5.74, 6) is 1.28. The molecule has 1 aliphatic rings. The molecule has 2 atom stereocenters. The van der Waals surface area contributed by atoms with Crippen LogP contribution in [0.3, 0.4) is 0 Å². The van der Waals surface area contributed by atoms with E-state index in [1.165, 1.54) is 11.1 Å².